The molecule has 0 fully saturated rings. The highest BCUT2D eigenvalue weighted by molar-refractivity contribution is 7.85. The molecule has 0 spiro atoms. The van der Waals surface area contributed by atoms with Gasteiger partial charge in [-0.05, 0) is 29.7 Å². The summed E-state index contributed by atoms with van der Waals surface area (Å²) in [7, 11) is 0.734. The van der Waals surface area contributed by atoms with Gasteiger partial charge < -0.3 is 10.1 Å². The van der Waals surface area contributed by atoms with Gasteiger partial charge in [0.25, 0.3) is 0 Å². The Morgan fingerprint density at radius 3 is 2.58 bits per heavy atom. The number of hydrogen-bond donors (Lipinski definition) is 1. The summed E-state index contributed by atoms with van der Waals surface area (Å²) in [5, 5.41) is 3.76. The molecule has 0 aromatic heterocycles. The molecular weight excluding hydrogens is 258 g/mol. The summed E-state index contributed by atoms with van der Waals surface area (Å²) in [6.45, 7) is 8.53. The van der Waals surface area contributed by atoms with Crippen LogP contribution < -0.4 is 10.1 Å². The van der Waals surface area contributed by atoms with E-state index in [1.807, 2.05) is 18.2 Å². The molecule has 4 heteroatoms. The fourth-order valence-corrected chi connectivity index (χ4v) is 4.20. The number of ether oxygens (including phenoxy) is 1. The van der Waals surface area contributed by atoms with Crippen LogP contribution in [0.4, 0.5) is 0 Å². The number of fused-ring (bicyclic) bond motifs is 1. The molecule has 0 aliphatic carbocycles. The summed E-state index contributed by atoms with van der Waals surface area (Å²) >= 11 is 0. The van der Waals surface area contributed by atoms with Crippen molar-refractivity contribution in [1.29, 1.82) is 0 Å². The smallest absolute Gasteiger partial charge is 0.119 e. The van der Waals surface area contributed by atoms with Crippen LogP contribution in [0.25, 0.3) is 0 Å². The van der Waals surface area contributed by atoms with Gasteiger partial charge in [0, 0.05) is 22.2 Å². The predicted octanol–water partition coefficient (Wildman–Crippen LogP) is 2.88. The Balaban J connectivity index is 2.50. The maximum Gasteiger partial charge on any atom is 0.119 e. The van der Waals surface area contributed by atoms with Crippen molar-refractivity contribution < 1.29 is 8.95 Å². The number of nitrogens with one attached hydrogen (secondary N) is 1. The second-order valence-corrected chi connectivity index (χ2v) is 7.34. The van der Waals surface area contributed by atoms with Crippen molar-refractivity contribution in [3.05, 3.63) is 23.8 Å². The molecule has 4 unspecified atom stereocenters. The summed E-state index contributed by atoms with van der Waals surface area (Å²) < 4.78 is 17.8. The quantitative estimate of drug-likeness (QED) is 0.926. The van der Waals surface area contributed by atoms with Crippen LogP contribution in [-0.4, -0.2) is 22.6 Å². The van der Waals surface area contributed by atoms with Gasteiger partial charge >= 0.3 is 0 Å². The Bertz CT molecular complexity index is 487. The van der Waals surface area contributed by atoms with Crippen molar-refractivity contribution in [2.45, 2.75) is 49.9 Å². The highest BCUT2D eigenvalue weighted by Crippen LogP contribution is 2.39. The molecule has 0 bridgehead atoms. The summed E-state index contributed by atoms with van der Waals surface area (Å²) in [5.41, 5.74) is 1.12. The van der Waals surface area contributed by atoms with E-state index in [0.717, 1.165) is 16.2 Å². The van der Waals surface area contributed by atoms with Crippen molar-refractivity contribution >= 4 is 10.8 Å². The molecule has 1 aliphatic heterocycles. The van der Waals surface area contributed by atoms with Crippen LogP contribution in [0.5, 0.6) is 5.75 Å². The Hall–Kier alpha value is -0.870. The minimum atomic E-state index is -0.931. The Morgan fingerprint density at radius 2 is 2.00 bits per heavy atom. The van der Waals surface area contributed by atoms with E-state index in [1.54, 1.807) is 7.11 Å². The lowest BCUT2D eigenvalue weighted by Gasteiger charge is -2.37. The summed E-state index contributed by atoms with van der Waals surface area (Å²) in [6, 6.07) is 6.49. The molecule has 0 saturated heterocycles. The van der Waals surface area contributed by atoms with E-state index in [1.165, 1.54) is 0 Å². The average Bonchev–Trinajstić information content (AvgIpc) is 2.40. The van der Waals surface area contributed by atoms with Gasteiger partial charge in [-0.15, -0.1) is 0 Å². The first kappa shape index (κ1) is 14.5. The first-order chi connectivity index (χ1) is 8.95. The van der Waals surface area contributed by atoms with Crippen molar-refractivity contribution in [1.82, 2.24) is 5.32 Å². The fraction of sp³-hybridized carbons (Fsp3) is 0.600. The van der Waals surface area contributed by atoms with Crippen molar-refractivity contribution in [3.8, 4) is 5.75 Å². The maximum atomic E-state index is 12.5. The highest BCUT2D eigenvalue weighted by atomic mass is 32.2. The topological polar surface area (TPSA) is 38.3 Å². The van der Waals surface area contributed by atoms with Crippen molar-refractivity contribution in [2.24, 2.45) is 5.92 Å². The minimum Gasteiger partial charge on any atom is -0.497 e. The zero-order valence-electron chi connectivity index (χ0n) is 12.3. The summed E-state index contributed by atoms with van der Waals surface area (Å²) in [6.07, 6.45) is 0. The molecule has 1 aliphatic rings. The van der Waals surface area contributed by atoms with Crippen molar-refractivity contribution in [2.75, 3.05) is 7.11 Å². The van der Waals surface area contributed by atoms with Crippen LogP contribution in [0.15, 0.2) is 23.1 Å². The number of benzene rings is 1. The van der Waals surface area contributed by atoms with Gasteiger partial charge in [0.15, 0.2) is 0 Å². The van der Waals surface area contributed by atoms with E-state index in [2.05, 4.69) is 33.0 Å². The molecule has 4 atom stereocenters. The molecule has 0 saturated carbocycles. The van der Waals surface area contributed by atoms with Gasteiger partial charge in [0.1, 0.15) is 5.75 Å². The number of methoxy groups -OCH3 is 1. The third-order valence-electron chi connectivity index (χ3n) is 3.89. The van der Waals surface area contributed by atoms with E-state index in [9.17, 15) is 4.21 Å². The molecule has 2 rings (SSSR count). The molecule has 3 nitrogen and oxygen atoms in total. The predicted molar refractivity (Wildman–Crippen MR) is 79.0 cm³/mol. The fourth-order valence-electron chi connectivity index (χ4n) is 2.63. The minimum absolute atomic E-state index is 0.164. The van der Waals surface area contributed by atoms with Gasteiger partial charge in [0.2, 0.25) is 0 Å². The van der Waals surface area contributed by atoms with Crippen LogP contribution in [0.2, 0.25) is 0 Å². The normalized spacial score (nSPS) is 30.2. The first-order valence-corrected chi connectivity index (χ1v) is 8.01. The van der Waals surface area contributed by atoms with Gasteiger partial charge in [-0.2, -0.15) is 0 Å². The Kier molecular flexibility index (Phi) is 4.31. The molecule has 106 valence electrons. The lowest BCUT2D eigenvalue weighted by atomic mass is 9.90. The van der Waals surface area contributed by atoms with Crippen LogP contribution >= 0.6 is 0 Å². The van der Waals surface area contributed by atoms with E-state index in [-0.39, 0.29) is 11.3 Å². The molecule has 0 amide bonds. The first-order valence-electron chi connectivity index (χ1n) is 6.80. The second-order valence-electron chi connectivity index (χ2n) is 5.56. The Labute approximate surface area is 118 Å². The van der Waals surface area contributed by atoms with Gasteiger partial charge in [0.05, 0.1) is 17.9 Å². The largest absolute Gasteiger partial charge is 0.497 e. The SMILES string of the molecule is COc1ccc2c(c1)C(NC(C)C)C(C)C(C)S2=O. The van der Waals surface area contributed by atoms with E-state index < -0.39 is 10.8 Å². The van der Waals surface area contributed by atoms with Gasteiger partial charge in [-0.1, -0.05) is 27.7 Å². The van der Waals surface area contributed by atoms with E-state index in [0.29, 0.717) is 12.0 Å². The number of rotatable bonds is 3. The maximum absolute atomic E-state index is 12.5. The molecule has 1 aromatic rings. The molecule has 1 N–H and O–H groups in total. The van der Waals surface area contributed by atoms with Gasteiger partial charge in [-0.3, -0.25) is 4.21 Å². The molecular formula is C15H23NO2S. The highest BCUT2D eigenvalue weighted by Gasteiger charge is 2.36. The lowest BCUT2D eigenvalue weighted by molar-refractivity contribution is 0.340. The average molecular weight is 281 g/mol. The van der Waals surface area contributed by atoms with Crippen LogP contribution in [-0.2, 0) is 10.8 Å². The third kappa shape index (κ3) is 2.70. The second kappa shape index (κ2) is 5.63. The van der Waals surface area contributed by atoms with E-state index >= 15 is 0 Å². The summed E-state index contributed by atoms with van der Waals surface area (Å²) in [4.78, 5) is 0.949. The van der Waals surface area contributed by atoms with Gasteiger partial charge in [-0.25, -0.2) is 0 Å². The molecule has 1 aromatic carbocycles. The standard InChI is InChI=1S/C15H23NO2S/c1-9(2)16-15-10(3)11(4)19(17)14-7-6-12(18-5)8-13(14)15/h6-11,15-16H,1-5H3. The van der Waals surface area contributed by atoms with E-state index in [4.69, 9.17) is 4.74 Å². The molecule has 0 radical (unpaired) electrons. The number of hydrogen-bond acceptors (Lipinski definition) is 3. The van der Waals surface area contributed by atoms with Crippen LogP contribution in [0.3, 0.4) is 0 Å². The lowest BCUT2D eigenvalue weighted by Crippen LogP contribution is -2.41. The Morgan fingerprint density at radius 1 is 1.32 bits per heavy atom. The third-order valence-corrected chi connectivity index (χ3v) is 5.80. The van der Waals surface area contributed by atoms with Crippen LogP contribution in [0, 0.1) is 5.92 Å². The van der Waals surface area contributed by atoms with Crippen molar-refractivity contribution in [3.63, 3.8) is 0 Å². The molecule has 19 heavy (non-hydrogen) atoms. The zero-order chi connectivity index (χ0) is 14.2. The summed E-state index contributed by atoms with van der Waals surface area (Å²) in [5.74, 6) is 1.16. The van der Waals surface area contributed by atoms with Crippen LogP contribution in [0.1, 0.15) is 39.3 Å². The monoisotopic (exact) mass is 281 g/mol. The zero-order valence-corrected chi connectivity index (χ0v) is 13.1. The molecule has 1 heterocycles.